The predicted molar refractivity (Wildman–Crippen MR) is 120 cm³/mol. The molecule has 2 heterocycles. The summed E-state index contributed by atoms with van der Waals surface area (Å²) in [5.74, 6) is 5.57. The topological polar surface area (TPSA) is 41.5 Å². The molecule has 2 saturated heterocycles. The normalized spacial score (nSPS) is 62.5. The molecule has 6 aliphatic rings. The maximum atomic E-state index is 10.3. The van der Waals surface area contributed by atoms with Crippen molar-refractivity contribution in [2.45, 2.75) is 110 Å². The van der Waals surface area contributed by atoms with Gasteiger partial charge >= 0.3 is 0 Å². The molecule has 0 bridgehead atoms. The van der Waals surface area contributed by atoms with Crippen molar-refractivity contribution in [3.8, 4) is 0 Å². The van der Waals surface area contributed by atoms with Gasteiger partial charge in [-0.05, 0) is 111 Å². The van der Waals surface area contributed by atoms with Crippen LogP contribution < -0.4 is 5.32 Å². The standard InChI is InChI=1S/C27H45NO2/c1-16-7-12-27(28-15-16)17(2)24-23(30-27)14-22-20-6-5-18-13-19(29)8-10-25(18,3)21(20)9-11-26(22,24)4/h16-24,28-29H,5-15H2,1-4H3/t16-,17+,18-,19+,20-,21+,22+,23+,24+,25+,26+,27-/m1/s1. The van der Waals surface area contributed by atoms with Crippen LogP contribution in [-0.4, -0.2) is 29.6 Å². The lowest BCUT2D eigenvalue weighted by Gasteiger charge is -2.61. The molecule has 3 heteroatoms. The lowest BCUT2D eigenvalue weighted by atomic mass is 9.44. The third-order valence-electron chi connectivity index (χ3n) is 12.1. The maximum absolute atomic E-state index is 10.3. The van der Waals surface area contributed by atoms with Gasteiger partial charge in [-0.3, -0.25) is 5.32 Å². The highest BCUT2D eigenvalue weighted by Gasteiger charge is 2.68. The van der Waals surface area contributed by atoms with Crippen LogP contribution in [0.15, 0.2) is 0 Å². The lowest BCUT2D eigenvalue weighted by Crippen LogP contribution is -2.57. The summed E-state index contributed by atoms with van der Waals surface area (Å²) < 4.78 is 7.01. The lowest BCUT2D eigenvalue weighted by molar-refractivity contribution is -0.140. The number of fused-ring (bicyclic) bond motifs is 7. The second kappa shape index (κ2) is 6.70. The minimum absolute atomic E-state index is 0.0319. The van der Waals surface area contributed by atoms with E-state index in [1.54, 1.807) is 0 Å². The molecule has 0 radical (unpaired) electrons. The summed E-state index contributed by atoms with van der Waals surface area (Å²) in [6, 6.07) is 0. The summed E-state index contributed by atoms with van der Waals surface area (Å²) in [6.07, 6.45) is 13.2. The van der Waals surface area contributed by atoms with Crippen LogP contribution in [0.25, 0.3) is 0 Å². The minimum atomic E-state index is -0.0320. The van der Waals surface area contributed by atoms with Gasteiger partial charge in [0.05, 0.1) is 12.2 Å². The van der Waals surface area contributed by atoms with E-state index in [0.29, 0.717) is 22.9 Å². The van der Waals surface area contributed by atoms with Crippen LogP contribution in [0.2, 0.25) is 0 Å². The van der Waals surface area contributed by atoms with Crippen molar-refractivity contribution in [2.24, 2.45) is 52.3 Å². The predicted octanol–water partition coefficient (Wildman–Crippen LogP) is 5.37. The Kier molecular flexibility index (Phi) is 4.58. The molecule has 1 spiro atoms. The average molecular weight is 416 g/mol. The van der Waals surface area contributed by atoms with E-state index in [0.717, 1.165) is 54.9 Å². The summed E-state index contributed by atoms with van der Waals surface area (Å²) in [4.78, 5) is 0. The molecule has 2 aliphatic heterocycles. The van der Waals surface area contributed by atoms with E-state index in [1.807, 2.05) is 0 Å². The Bertz CT molecular complexity index is 686. The van der Waals surface area contributed by atoms with Crippen LogP contribution in [0.3, 0.4) is 0 Å². The van der Waals surface area contributed by atoms with Gasteiger partial charge in [-0.2, -0.15) is 0 Å². The molecule has 0 amide bonds. The Balaban J connectivity index is 1.26. The second-order valence-electron chi connectivity index (χ2n) is 13.3. The fourth-order valence-corrected chi connectivity index (χ4v) is 10.4. The largest absolute Gasteiger partial charge is 0.393 e. The number of aliphatic hydroxyl groups excluding tert-OH is 1. The first-order valence-corrected chi connectivity index (χ1v) is 13.4. The first-order chi connectivity index (χ1) is 14.3. The zero-order valence-corrected chi connectivity index (χ0v) is 19.8. The van der Waals surface area contributed by atoms with Crippen molar-refractivity contribution in [3.05, 3.63) is 0 Å². The Morgan fingerprint density at radius 3 is 2.43 bits per heavy atom. The zero-order valence-electron chi connectivity index (χ0n) is 19.8. The molecule has 4 aliphatic carbocycles. The molecular formula is C27H45NO2. The SMILES string of the molecule is C[C@@H]1CC[C@@]2(NC1)O[C@H]1C[C@H]3[C@@H]4CC[C@@H]5C[C@@H](O)CC[C@]5(C)[C@H]4CC[C@]3(C)[C@H]1[C@@H]2C. The van der Waals surface area contributed by atoms with Crippen LogP contribution in [0, 0.1) is 52.3 Å². The molecule has 170 valence electrons. The van der Waals surface area contributed by atoms with Gasteiger partial charge in [0.2, 0.25) is 0 Å². The molecule has 0 aromatic heterocycles. The molecule has 4 saturated carbocycles. The Labute approximate surface area is 184 Å². The molecular weight excluding hydrogens is 370 g/mol. The molecule has 6 rings (SSSR count). The Morgan fingerprint density at radius 1 is 0.867 bits per heavy atom. The quantitative estimate of drug-likeness (QED) is 0.559. The van der Waals surface area contributed by atoms with Gasteiger partial charge in [0, 0.05) is 12.5 Å². The number of hydrogen-bond donors (Lipinski definition) is 2. The van der Waals surface area contributed by atoms with E-state index in [-0.39, 0.29) is 11.8 Å². The van der Waals surface area contributed by atoms with E-state index in [1.165, 1.54) is 51.4 Å². The highest BCUT2D eigenvalue weighted by atomic mass is 16.5. The fraction of sp³-hybridized carbons (Fsp3) is 1.00. The second-order valence-corrected chi connectivity index (χ2v) is 13.3. The fourth-order valence-electron chi connectivity index (χ4n) is 10.4. The molecule has 2 N–H and O–H groups in total. The van der Waals surface area contributed by atoms with Crippen molar-refractivity contribution in [2.75, 3.05) is 6.54 Å². The Morgan fingerprint density at radius 2 is 1.67 bits per heavy atom. The molecule has 0 unspecified atom stereocenters. The van der Waals surface area contributed by atoms with Gasteiger partial charge < -0.3 is 9.84 Å². The van der Waals surface area contributed by atoms with E-state index >= 15 is 0 Å². The number of hydrogen-bond acceptors (Lipinski definition) is 3. The molecule has 30 heavy (non-hydrogen) atoms. The molecule has 0 aromatic rings. The first kappa shape index (κ1) is 20.5. The third-order valence-corrected chi connectivity index (χ3v) is 12.1. The van der Waals surface area contributed by atoms with Crippen molar-refractivity contribution >= 4 is 0 Å². The molecule has 3 nitrogen and oxygen atoms in total. The van der Waals surface area contributed by atoms with Gasteiger partial charge in [0.25, 0.3) is 0 Å². The zero-order chi connectivity index (χ0) is 20.9. The smallest absolute Gasteiger partial charge is 0.122 e. The summed E-state index contributed by atoms with van der Waals surface area (Å²) >= 11 is 0. The monoisotopic (exact) mass is 415 g/mol. The molecule has 0 aromatic carbocycles. The van der Waals surface area contributed by atoms with Gasteiger partial charge in [-0.1, -0.05) is 27.7 Å². The summed E-state index contributed by atoms with van der Waals surface area (Å²) in [5.41, 5.74) is 0.919. The first-order valence-electron chi connectivity index (χ1n) is 13.4. The summed E-state index contributed by atoms with van der Waals surface area (Å²) in [5, 5.41) is 14.2. The van der Waals surface area contributed by atoms with Gasteiger partial charge in [-0.15, -0.1) is 0 Å². The van der Waals surface area contributed by atoms with E-state index in [2.05, 4.69) is 33.0 Å². The number of piperidine rings is 1. The van der Waals surface area contributed by atoms with Gasteiger partial charge in [0.1, 0.15) is 5.72 Å². The van der Waals surface area contributed by atoms with Crippen molar-refractivity contribution < 1.29 is 9.84 Å². The Hall–Kier alpha value is -0.120. The highest BCUT2D eigenvalue weighted by Crippen LogP contribution is 2.71. The van der Waals surface area contributed by atoms with E-state index in [4.69, 9.17) is 4.74 Å². The van der Waals surface area contributed by atoms with Crippen molar-refractivity contribution in [3.63, 3.8) is 0 Å². The number of nitrogens with one attached hydrogen (secondary N) is 1. The maximum Gasteiger partial charge on any atom is 0.122 e. The van der Waals surface area contributed by atoms with Crippen molar-refractivity contribution in [1.29, 1.82) is 0 Å². The van der Waals surface area contributed by atoms with Crippen LogP contribution in [0.4, 0.5) is 0 Å². The number of ether oxygens (including phenoxy) is 1. The van der Waals surface area contributed by atoms with E-state index in [9.17, 15) is 5.11 Å². The van der Waals surface area contributed by atoms with Crippen LogP contribution in [-0.2, 0) is 4.74 Å². The van der Waals surface area contributed by atoms with Crippen LogP contribution in [0.1, 0.15) is 91.9 Å². The highest BCUT2D eigenvalue weighted by molar-refractivity contribution is 5.16. The average Bonchev–Trinajstić information content (AvgIpc) is 3.16. The number of rotatable bonds is 0. The third kappa shape index (κ3) is 2.61. The van der Waals surface area contributed by atoms with Crippen molar-refractivity contribution in [1.82, 2.24) is 5.32 Å². The molecule has 6 fully saturated rings. The van der Waals surface area contributed by atoms with Gasteiger partial charge in [-0.25, -0.2) is 0 Å². The minimum Gasteiger partial charge on any atom is -0.393 e. The van der Waals surface area contributed by atoms with E-state index < -0.39 is 0 Å². The number of aliphatic hydroxyl groups is 1. The molecule has 12 atom stereocenters. The summed E-state index contributed by atoms with van der Waals surface area (Å²) in [6.45, 7) is 11.3. The van der Waals surface area contributed by atoms with Crippen LogP contribution in [0.5, 0.6) is 0 Å². The summed E-state index contributed by atoms with van der Waals surface area (Å²) in [7, 11) is 0. The van der Waals surface area contributed by atoms with Crippen LogP contribution >= 0.6 is 0 Å². The van der Waals surface area contributed by atoms with Gasteiger partial charge in [0.15, 0.2) is 0 Å².